The van der Waals surface area contributed by atoms with Gasteiger partial charge in [-0.05, 0) is 18.8 Å². The van der Waals surface area contributed by atoms with Gasteiger partial charge in [0.15, 0.2) is 0 Å². The molecule has 3 aliphatic heterocycles. The summed E-state index contributed by atoms with van der Waals surface area (Å²) in [5, 5.41) is 21.2. The molecule has 0 unspecified atom stereocenters. The molecule has 20 heavy (non-hydrogen) atoms. The molecule has 3 aliphatic rings. The highest BCUT2D eigenvalue weighted by atomic mass is 32.1. The number of aromatic carboxylic acids is 1. The van der Waals surface area contributed by atoms with Gasteiger partial charge in [-0.1, -0.05) is 11.3 Å². The predicted octanol–water partition coefficient (Wildman–Crippen LogP) is 1.17. The third kappa shape index (κ3) is 1.83. The van der Waals surface area contributed by atoms with Gasteiger partial charge in [0.05, 0.1) is 10.6 Å². The van der Waals surface area contributed by atoms with Crippen molar-refractivity contribution in [3.8, 4) is 0 Å². The van der Waals surface area contributed by atoms with Crippen molar-refractivity contribution in [2.45, 2.75) is 18.8 Å². The SMILES string of the molecule is O=C(O)C(=O)Nc1sc2c(c1C(=O)O)C1CCN2CC1. The topological polar surface area (TPSA) is 107 Å². The van der Waals surface area contributed by atoms with Gasteiger partial charge in [0.2, 0.25) is 0 Å². The van der Waals surface area contributed by atoms with Crippen LogP contribution >= 0.6 is 11.3 Å². The Kier molecular flexibility index (Phi) is 2.89. The largest absolute Gasteiger partial charge is 0.478 e. The first-order valence-electron chi connectivity index (χ1n) is 6.18. The average Bonchev–Trinajstić information content (AvgIpc) is 2.80. The van der Waals surface area contributed by atoms with Gasteiger partial charge in [-0.25, -0.2) is 9.59 Å². The molecule has 106 valence electrons. The van der Waals surface area contributed by atoms with E-state index < -0.39 is 17.8 Å². The van der Waals surface area contributed by atoms with Crippen molar-refractivity contribution in [2.24, 2.45) is 0 Å². The van der Waals surface area contributed by atoms with Gasteiger partial charge in [0.25, 0.3) is 0 Å². The lowest BCUT2D eigenvalue weighted by molar-refractivity contribution is -0.147. The van der Waals surface area contributed by atoms with Crippen LogP contribution < -0.4 is 10.2 Å². The lowest BCUT2D eigenvalue weighted by Gasteiger charge is -2.40. The van der Waals surface area contributed by atoms with Crippen LogP contribution in [0.25, 0.3) is 0 Å². The third-order valence-electron chi connectivity index (χ3n) is 3.75. The standard InChI is InChI=1S/C12H12N2O5S/c15-8(12(18)19)13-9-7(11(16)17)6-5-1-3-14(4-2-5)10(6)20-9/h5H,1-4H2,(H,13,15)(H,16,17)(H,18,19). The van der Waals surface area contributed by atoms with Crippen LogP contribution in [-0.2, 0) is 9.59 Å². The number of carbonyl (C=O) groups excluding carboxylic acids is 1. The molecule has 2 bridgehead atoms. The van der Waals surface area contributed by atoms with E-state index >= 15 is 0 Å². The second-order valence-electron chi connectivity index (χ2n) is 4.85. The van der Waals surface area contributed by atoms with Crippen LogP contribution in [0.15, 0.2) is 0 Å². The van der Waals surface area contributed by atoms with E-state index in [1.54, 1.807) is 0 Å². The Morgan fingerprint density at radius 3 is 2.40 bits per heavy atom. The number of carboxylic acids is 2. The summed E-state index contributed by atoms with van der Waals surface area (Å²) in [5.41, 5.74) is 0.801. The molecule has 1 aromatic heterocycles. The molecule has 4 rings (SSSR count). The van der Waals surface area contributed by atoms with E-state index in [-0.39, 0.29) is 16.5 Å². The lowest BCUT2D eigenvalue weighted by Crippen LogP contribution is -2.38. The first-order chi connectivity index (χ1) is 9.49. The molecule has 0 radical (unpaired) electrons. The van der Waals surface area contributed by atoms with E-state index in [1.807, 2.05) is 0 Å². The van der Waals surface area contributed by atoms with Crippen molar-refractivity contribution in [1.82, 2.24) is 0 Å². The summed E-state index contributed by atoms with van der Waals surface area (Å²) in [6.45, 7) is 1.76. The van der Waals surface area contributed by atoms with Crippen LogP contribution in [0.2, 0.25) is 0 Å². The Hall–Kier alpha value is -2.09. The number of aliphatic carboxylic acids is 1. The number of hydrogen-bond donors (Lipinski definition) is 3. The molecule has 0 aromatic carbocycles. The molecule has 4 heterocycles. The molecule has 8 heteroatoms. The zero-order valence-corrected chi connectivity index (χ0v) is 11.2. The molecule has 0 spiro atoms. The highest BCUT2D eigenvalue weighted by molar-refractivity contribution is 7.21. The minimum absolute atomic E-state index is 0.0500. The summed E-state index contributed by atoms with van der Waals surface area (Å²) >= 11 is 1.15. The van der Waals surface area contributed by atoms with Crippen LogP contribution in [0.1, 0.15) is 34.7 Å². The summed E-state index contributed by atoms with van der Waals surface area (Å²) in [7, 11) is 0. The van der Waals surface area contributed by atoms with Crippen LogP contribution in [-0.4, -0.2) is 41.1 Å². The summed E-state index contributed by atoms with van der Waals surface area (Å²) in [6.07, 6.45) is 1.80. The molecule has 3 N–H and O–H groups in total. The average molecular weight is 296 g/mol. The number of anilines is 2. The van der Waals surface area contributed by atoms with Gasteiger partial charge < -0.3 is 20.4 Å². The van der Waals surface area contributed by atoms with E-state index in [0.717, 1.165) is 47.8 Å². The molecule has 7 nitrogen and oxygen atoms in total. The minimum Gasteiger partial charge on any atom is -0.478 e. The van der Waals surface area contributed by atoms with Crippen LogP contribution in [0, 0.1) is 0 Å². The fourth-order valence-electron chi connectivity index (χ4n) is 2.87. The Morgan fingerprint density at radius 2 is 1.85 bits per heavy atom. The summed E-state index contributed by atoms with van der Waals surface area (Å²) < 4.78 is 0. The monoisotopic (exact) mass is 296 g/mol. The molecule has 1 aromatic rings. The van der Waals surface area contributed by atoms with Crippen LogP contribution in [0.5, 0.6) is 0 Å². The molecular weight excluding hydrogens is 284 g/mol. The van der Waals surface area contributed by atoms with E-state index in [2.05, 4.69) is 10.2 Å². The number of rotatable bonds is 2. The first kappa shape index (κ1) is 12.9. The quantitative estimate of drug-likeness (QED) is 0.707. The molecule has 1 amide bonds. The Bertz CT molecular complexity index is 616. The maximum absolute atomic E-state index is 11.5. The van der Waals surface area contributed by atoms with Gasteiger partial charge >= 0.3 is 17.8 Å². The highest BCUT2D eigenvalue weighted by Gasteiger charge is 2.38. The fraction of sp³-hybridized carbons (Fsp3) is 0.417. The van der Waals surface area contributed by atoms with Crippen LogP contribution in [0.3, 0.4) is 0 Å². The molecule has 0 atom stereocenters. The maximum atomic E-state index is 11.5. The van der Waals surface area contributed by atoms with Crippen molar-refractivity contribution in [1.29, 1.82) is 0 Å². The van der Waals surface area contributed by atoms with Crippen molar-refractivity contribution < 1.29 is 24.6 Å². The summed E-state index contributed by atoms with van der Waals surface area (Å²) in [5.74, 6) is -3.78. The van der Waals surface area contributed by atoms with Crippen molar-refractivity contribution in [3.05, 3.63) is 11.1 Å². The number of carboxylic acid groups (broad SMARTS) is 2. The molecule has 0 saturated carbocycles. The van der Waals surface area contributed by atoms with Gasteiger partial charge in [0, 0.05) is 18.7 Å². The normalized spacial score (nSPS) is 16.9. The molecule has 1 fully saturated rings. The van der Waals surface area contributed by atoms with Gasteiger partial charge in [-0.15, -0.1) is 0 Å². The van der Waals surface area contributed by atoms with Crippen molar-refractivity contribution in [3.63, 3.8) is 0 Å². The smallest absolute Gasteiger partial charge is 0.394 e. The Morgan fingerprint density at radius 1 is 1.20 bits per heavy atom. The van der Waals surface area contributed by atoms with Gasteiger partial charge in [-0.2, -0.15) is 0 Å². The molecule has 0 aliphatic carbocycles. The van der Waals surface area contributed by atoms with Crippen molar-refractivity contribution >= 4 is 39.2 Å². The third-order valence-corrected chi connectivity index (χ3v) is 4.93. The number of thiophene rings is 1. The minimum atomic E-state index is -1.63. The number of hydrogen-bond acceptors (Lipinski definition) is 5. The summed E-state index contributed by atoms with van der Waals surface area (Å²) in [4.78, 5) is 35.4. The number of piperidine rings is 1. The number of amides is 1. The second-order valence-corrected chi connectivity index (χ2v) is 5.85. The van der Waals surface area contributed by atoms with Crippen LogP contribution in [0.4, 0.5) is 10.0 Å². The Labute approximate surface area is 117 Å². The number of nitrogens with zero attached hydrogens (tertiary/aromatic N) is 1. The highest BCUT2D eigenvalue weighted by Crippen LogP contribution is 2.51. The van der Waals surface area contributed by atoms with Crippen molar-refractivity contribution in [2.75, 3.05) is 23.3 Å². The fourth-order valence-corrected chi connectivity index (χ4v) is 4.20. The predicted molar refractivity (Wildman–Crippen MR) is 71.7 cm³/mol. The van der Waals surface area contributed by atoms with E-state index in [0.29, 0.717) is 0 Å². The number of nitrogens with one attached hydrogen (secondary N) is 1. The van der Waals surface area contributed by atoms with E-state index in [9.17, 15) is 19.5 Å². The first-order valence-corrected chi connectivity index (χ1v) is 7.00. The zero-order chi connectivity index (χ0) is 14.4. The molecule has 1 saturated heterocycles. The lowest BCUT2D eigenvalue weighted by atomic mass is 9.84. The van der Waals surface area contributed by atoms with E-state index in [1.165, 1.54) is 0 Å². The summed E-state index contributed by atoms with van der Waals surface area (Å²) in [6, 6.07) is 0. The molecular formula is C12H12N2O5S. The number of carbonyl (C=O) groups is 3. The number of fused-ring (bicyclic) bond motifs is 2. The maximum Gasteiger partial charge on any atom is 0.394 e. The van der Waals surface area contributed by atoms with Gasteiger partial charge in [0.1, 0.15) is 5.00 Å². The second kappa shape index (κ2) is 4.48. The zero-order valence-electron chi connectivity index (χ0n) is 10.4. The van der Waals surface area contributed by atoms with E-state index in [4.69, 9.17) is 5.11 Å². The Balaban J connectivity index is 2.07. The van der Waals surface area contributed by atoms with Gasteiger partial charge in [-0.3, -0.25) is 4.79 Å².